The third-order valence-corrected chi connectivity index (χ3v) is 5.33. The standard InChI is InChI=1S/C26H28O4/c1-2-12-24-22(10-8-20-30-26-14-4-6-18-28-26)16-15-21(23(24)11-1)9-7-19-29-25-13-3-5-17-27-25/h1-2,11-12,15-16,25-26H,3-6,13-14,17-20H2/t25-,26-/m1/s1. The van der Waals surface area contributed by atoms with Crippen molar-refractivity contribution in [2.45, 2.75) is 51.1 Å². The van der Waals surface area contributed by atoms with Gasteiger partial charge in [0, 0.05) is 24.3 Å². The molecule has 4 nitrogen and oxygen atoms in total. The van der Waals surface area contributed by atoms with Gasteiger partial charge in [-0.3, -0.25) is 0 Å². The van der Waals surface area contributed by atoms with Crippen molar-refractivity contribution in [3.8, 4) is 23.7 Å². The molecule has 156 valence electrons. The predicted molar refractivity (Wildman–Crippen MR) is 117 cm³/mol. The van der Waals surface area contributed by atoms with Gasteiger partial charge in [-0.15, -0.1) is 0 Å². The van der Waals surface area contributed by atoms with Gasteiger partial charge in [0.1, 0.15) is 13.2 Å². The smallest absolute Gasteiger partial charge is 0.158 e. The van der Waals surface area contributed by atoms with Gasteiger partial charge >= 0.3 is 0 Å². The molecule has 2 fully saturated rings. The molecule has 2 heterocycles. The van der Waals surface area contributed by atoms with Crippen molar-refractivity contribution in [1.29, 1.82) is 0 Å². The van der Waals surface area contributed by atoms with Crippen LogP contribution in [0.4, 0.5) is 0 Å². The van der Waals surface area contributed by atoms with Crippen molar-refractivity contribution < 1.29 is 18.9 Å². The molecule has 2 aliphatic rings. The lowest BCUT2D eigenvalue weighted by atomic mass is 10.00. The van der Waals surface area contributed by atoms with Gasteiger partial charge < -0.3 is 18.9 Å². The summed E-state index contributed by atoms with van der Waals surface area (Å²) in [6.45, 7) is 2.32. The number of hydrogen-bond acceptors (Lipinski definition) is 4. The molecule has 0 aliphatic carbocycles. The Kier molecular flexibility index (Phi) is 7.78. The van der Waals surface area contributed by atoms with Gasteiger partial charge in [-0.2, -0.15) is 0 Å². The van der Waals surface area contributed by atoms with Crippen LogP contribution in [0.5, 0.6) is 0 Å². The number of ether oxygens (including phenoxy) is 4. The lowest BCUT2D eigenvalue weighted by molar-refractivity contribution is -0.154. The first kappa shape index (κ1) is 20.9. The largest absolute Gasteiger partial charge is 0.353 e. The Morgan fingerprint density at radius 2 is 1.20 bits per heavy atom. The monoisotopic (exact) mass is 404 g/mol. The summed E-state index contributed by atoms with van der Waals surface area (Å²) in [6, 6.07) is 12.3. The maximum absolute atomic E-state index is 5.71. The Bertz CT molecular complexity index is 869. The van der Waals surface area contributed by atoms with E-state index in [0.29, 0.717) is 13.2 Å². The molecule has 0 aromatic heterocycles. The highest BCUT2D eigenvalue weighted by atomic mass is 16.7. The fourth-order valence-corrected chi connectivity index (χ4v) is 3.73. The number of benzene rings is 2. The first-order valence-electron chi connectivity index (χ1n) is 10.9. The topological polar surface area (TPSA) is 36.9 Å². The lowest BCUT2D eigenvalue weighted by Crippen LogP contribution is -2.22. The number of rotatable bonds is 4. The van der Waals surface area contributed by atoms with Gasteiger partial charge in [-0.1, -0.05) is 47.9 Å². The molecule has 2 aromatic rings. The molecular formula is C26H28O4. The van der Waals surface area contributed by atoms with Crippen molar-refractivity contribution >= 4 is 10.8 Å². The second-order valence-corrected chi connectivity index (χ2v) is 7.52. The Labute approximate surface area is 178 Å². The summed E-state index contributed by atoms with van der Waals surface area (Å²) in [5, 5.41) is 2.20. The fourth-order valence-electron chi connectivity index (χ4n) is 3.73. The van der Waals surface area contributed by atoms with Crippen LogP contribution < -0.4 is 0 Å². The maximum atomic E-state index is 5.71. The molecule has 0 amide bonds. The highest BCUT2D eigenvalue weighted by Crippen LogP contribution is 2.22. The quantitative estimate of drug-likeness (QED) is 0.697. The van der Waals surface area contributed by atoms with Crippen LogP contribution in [0.2, 0.25) is 0 Å². The summed E-state index contributed by atoms with van der Waals surface area (Å²) in [7, 11) is 0. The van der Waals surface area contributed by atoms with E-state index in [1.54, 1.807) is 0 Å². The van der Waals surface area contributed by atoms with E-state index in [-0.39, 0.29) is 12.6 Å². The van der Waals surface area contributed by atoms with Crippen molar-refractivity contribution in [3.05, 3.63) is 47.5 Å². The minimum atomic E-state index is -0.108. The first-order chi connectivity index (χ1) is 14.9. The van der Waals surface area contributed by atoms with Gasteiger partial charge in [-0.25, -0.2) is 0 Å². The summed E-state index contributed by atoms with van der Waals surface area (Å²) < 4.78 is 22.6. The van der Waals surface area contributed by atoms with Crippen LogP contribution in [-0.2, 0) is 18.9 Å². The average Bonchev–Trinajstić information content (AvgIpc) is 2.81. The summed E-state index contributed by atoms with van der Waals surface area (Å²) in [4.78, 5) is 0. The minimum Gasteiger partial charge on any atom is -0.353 e. The van der Waals surface area contributed by atoms with E-state index in [4.69, 9.17) is 18.9 Å². The molecule has 0 saturated carbocycles. The van der Waals surface area contributed by atoms with E-state index in [1.807, 2.05) is 24.3 Å². The SMILES string of the molecule is C(#Cc1ccc(C#CCO[C@@H]2CCCCO2)c2ccccc12)CO[C@@H]1CCCCO1. The highest BCUT2D eigenvalue weighted by Gasteiger charge is 2.13. The molecule has 2 aliphatic heterocycles. The molecule has 2 aromatic carbocycles. The van der Waals surface area contributed by atoms with Crippen LogP contribution >= 0.6 is 0 Å². The molecule has 0 bridgehead atoms. The van der Waals surface area contributed by atoms with Crippen LogP contribution in [0.15, 0.2) is 36.4 Å². The van der Waals surface area contributed by atoms with Crippen LogP contribution in [0, 0.1) is 23.7 Å². The summed E-state index contributed by atoms with van der Waals surface area (Å²) >= 11 is 0. The third kappa shape index (κ3) is 5.85. The van der Waals surface area contributed by atoms with E-state index in [1.165, 1.54) is 0 Å². The molecule has 0 unspecified atom stereocenters. The summed E-state index contributed by atoms with van der Waals surface area (Å²) in [5.41, 5.74) is 1.97. The molecule has 4 heteroatoms. The maximum Gasteiger partial charge on any atom is 0.158 e. The first-order valence-corrected chi connectivity index (χ1v) is 10.9. The van der Waals surface area contributed by atoms with Crippen LogP contribution in [-0.4, -0.2) is 39.0 Å². The Morgan fingerprint density at radius 3 is 1.63 bits per heavy atom. The normalized spacial score (nSPS) is 21.3. The van der Waals surface area contributed by atoms with Gasteiger partial charge in [0.05, 0.1) is 0 Å². The van der Waals surface area contributed by atoms with Gasteiger partial charge in [0.15, 0.2) is 12.6 Å². The van der Waals surface area contributed by atoms with E-state index in [2.05, 4.69) is 35.8 Å². The van der Waals surface area contributed by atoms with Crippen molar-refractivity contribution in [2.24, 2.45) is 0 Å². The van der Waals surface area contributed by atoms with Crippen LogP contribution in [0.1, 0.15) is 49.7 Å². The summed E-state index contributed by atoms with van der Waals surface area (Å²) in [6.07, 6.45) is 6.24. The summed E-state index contributed by atoms with van der Waals surface area (Å²) in [5.74, 6) is 12.7. The Morgan fingerprint density at radius 1 is 0.700 bits per heavy atom. The third-order valence-electron chi connectivity index (χ3n) is 5.33. The molecular weight excluding hydrogens is 376 g/mol. The van der Waals surface area contributed by atoms with Gasteiger partial charge in [-0.05, 0) is 61.4 Å². The van der Waals surface area contributed by atoms with Gasteiger partial charge in [0.2, 0.25) is 0 Å². The van der Waals surface area contributed by atoms with Crippen molar-refractivity contribution in [1.82, 2.24) is 0 Å². The second kappa shape index (κ2) is 11.2. The minimum absolute atomic E-state index is 0.108. The second-order valence-electron chi connectivity index (χ2n) is 7.52. The average molecular weight is 405 g/mol. The Balaban J connectivity index is 1.40. The zero-order valence-corrected chi connectivity index (χ0v) is 17.3. The van der Waals surface area contributed by atoms with Gasteiger partial charge in [0.25, 0.3) is 0 Å². The van der Waals surface area contributed by atoms with Crippen molar-refractivity contribution in [2.75, 3.05) is 26.4 Å². The van der Waals surface area contributed by atoms with E-state index < -0.39 is 0 Å². The van der Waals surface area contributed by atoms with E-state index >= 15 is 0 Å². The molecule has 2 atom stereocenters. The highest BCUT2D eigenvalue weighted by molar-refractivity contribution is 5.92. The predicted octanol–water partition coefficient (Wildman–Crippen LogP) is 4.63. The van der Waals surface area contributed by atoms with E-state index in [9.17, 15) is 0 Å². The number of fused-ring (bicyclic) bond motifs is 1. The van der Waals surface area contributed by atoms with E-state index in [0.717, 1.165) is 73.6 Å². The zero-order chi connectivity index (χ0) is 20.4. The Hall–Kier alpha value is -2.34. The molecule has 30 heavy (non-hydrogen) atoms. The molecule has 0 spiro atoms. The molecule has 2 saturated heterocycles. The lowest BCUT2D eigenvalue weighted by Gasteiger charge is -2.21. The molecule has 4 rings (SSSR count). The fraction of sp³-hybridized carbons (Fsp3) is 0.462. The molecule has 0 radical (unpaired) electrons. The van der Waals surface area contributed by atoms with Crippen LogP contribution in [0.3, 0.4) is 0 Å². The number of hydrogen-bond donors (Lipinski definition) is 0. The van der Waals surface area contributed by atoms with Crippen molar-refractivity contribution in [3.63, 3.8) is 0 Å². The molecule has 0 N–H and O–H groups in total. The van der Waals surface area contributed by atoms with Crippen LogP contribution in [0.25, 0.3) is 10.8 Å². The zero-order valence-electron chi connectivity index (χ0n) is 17.3.